The van der Waals surface area contributed by atoms with Crippen molar-refractivity contribution in [1.82, 2.24) is 24.4 Å². The van der Waals surface area contributed by atoms with E-state index in [1.165, 1.54) is 17.6 Å². The van der Waals surface area contributed by atoms with Gasteiger partial charge in [0.05, 0.1) is 32.3 Å². The van der Waals surface area contributed by atoms with Crippen molar-refractivity contribution >= 4 is 39.1 Å². The number of nitrogens with zero attached hydrogens (tertiary/aromatic N) is 5. The van der Waals surface area contributed by atoms with Crippen LogP contribution in [0.15, 0.2) is 122 Å². The van der Waals surface area contributed by atoms with Crippen LogP contribution in [-0.2, 0) is 35.1 Å². The van der Waals surface area contributed by atoms with E-state index >= 15 is 0 Å². The van der Waals surface area contributed by atoms with Crippen molar-refractivity contribution in [2.24, 2.45) is 0 Å². The molecule has 2 aromatic heterocycles. The molecule has 1 N–H and O–H groups in total. The Balaban J connectivity index is 1.07. The summed E-state index contributed by atoms with van der Waals surface area (Å²) in [5.41, 5.74) is 4.73. The molecule has 3 aliphatic rings. The number of imidazole rings is 1. The van der Waals surface area contributed by atoms with Crippen LogP contribution in [0.2, 0.25) is 0 Å². The number of nitrogens with one attached hydrogen (secondary N) is 1. The average molecular weight is 773 g/mol. The molecule has 284 valence electrons. The van der Waals surface area contributed by atoms with E-state index in [2.05, 4.69) is 32.4 Å². The molecule has 0 unspecified atom stereocenters. The fraction of sp³-hybridized carbons (Fsp3) is 0.244. The maximum atomic E-state index is 14.4. The summed E-state index contributed by atoms with van der Waals surface area (Å²) in [6.45, 7) is -0.319. The Morgan fingerprint density at radius 2 is 1.54 bits per heavy atom. The molecule has 2 fully saturated rings. The van der Waals surface area contributed by atoms with Gasteiger partial charge in [0.1, 0.15) is 30.7 Å². The van der Waals surface area contributed by atoms with E-state index in [0.29, 0.717) is 11.2 Å². The van der Waals surface area contributed by atoms with E-state index in [0.717, 1.165) is 34.1 Å². The lowest BCUT2D eigenvalue weighted by molar-refractivity contribution is -0.150. The minimum atomic E-state index is -3.94. The molecule has 6 aromatic rings. The van der Waals surface area contributed by atoms with Crippen LogP contribution in [0, 0.1) is 0 Å². The molecular formula is C41H36N6O8S. The standard InChI is InChI=1S/C41H36N6O8S/c1-56(50,51)54-23-41-22-46(40(49)53-21-32-30-18-10-8-16-28(30)29-17-9-11-19-31(29)32)34(35(41)52-20-26-12-4-2-5-13-26)39(55-41)47-25-44-33-36(42-24-43-37(33)47)45-38(48)27-14-6-3-7-15-27/h2-19,24-25,32,34-35,39H,20-23H2,1H3,(H,42,43,45,48)/t34-,35+,39+,41-/m0/s1. The summed E-state index contributed by atoms with van der Waals surface area (Å²) >= 11 is 0. The zero-order chi connectivity index (χ0) is 38.4. The molecule has 56 heavy (non-hydrogen) atoms. The summed E-state index contributed by atoms with van der Waals surface area (Å²) in [5, 5.41) is 2.81. The first kappa shape index (κ1) is 35.7. The largest absolute Gasteiger partial charge is 0.448 e. The Bertz CT molecular complexity index is 2510. The van der Waals surface area contributed by atoms with Gasteiger partial charge in [-0.05, 0) is 39.9 Å². The molecule has 15 heteroatoms. The van der Waals surface area contributed by atoms with Crippen LogP contribution < -0.4 is 5.32 Å². The topological polar surface area (TPSA) is 164 Å². The van der Waals surface area contributed by atoms with Crippen LogP contribution in [0.4, 0.5) is 10.6 Å². The quantitative estimate of drug-likeness (QED) is 0.165. The van der Waals surface area contributed by atoms with Crippen LogP contribution >= 0.6 is 0 Å². The van der Waals surface area contributed by atoms with Gasteiger partial charge >= 0.3 is 6.09 Å². The number of amides is 2. The van der Waals surface area contributed by atoms with E-state index in [1.54, 1.807) is 28.8 Å². The summed E-state index contributed by atoms with van der Waals surface area (Å²) in [4.78, 5) is 42.4. The third kappa shape index (κ3) is 6.47. The lowest BCUT2D eigenvalue weighted by Crippen LogP contribution is -2.50. The summed E-state index contributed by atoms with van der Waals surface area (Å²) in [5.74, 6) is -0.403. The molecule has 4 aromatic carbocycles. The normalized spacial score (nSPS) is 21.2. The second kappa shape index (κ2) is 14.3. The zero-order valence-electron chi connectivity index (χ0n) is 30.1. The number of rotatable bonds is 11. The van der Waals surface area contributed by atoms with E-state index in [1.807, 2.05) is 72.8 Å². The van der Waals surface area contributed by atoms with Gasteiger partial charge in [-0.2, -0.15) is 8.42 Å². The predicted molar refractivity (Wildman–Crippen MR) is 204 cm³/mol. The highest BCUT2D eigenvalue weighted by atomic mass is 32.2. The van der Waals surface area contributed by atoms with Gasteiger partial charge in [0.2, 0.25) is 0 Å². The van der Waals surface area contributed by atoms with Crippen molar-refractivity contribution in [2.45, 2.75) is 36.5 Å². The Kier molecular flexibility index (Phi) is 9.08. The number of benzene rings is 4. The maximum absolute atomic E-state index is 14.4. The van der Waals surface area contributed by atoms with Crippen LogP contribution in [-0.4, -0.2) is 88.6 Å². The number of aromatic nitrogens is 4. The van der Waals surface area contributed by atoms with Crippen LogP contribution in [0.1, 0.15) is 39.2 Å². The number of carbonyl (C=O) groups is 2. The molecule has 2 saturated heterocycles. The lowest BCUT2D eigenvalue weighted by atomic mass is 9.98. The number of hydrogen-bond donors (Lipinski definition) is 1. The monoisotopic (exact) mass is 772 g/mol. The summed E-state index contributed by atoms with van der Waals surface area (Å²) in [6.07, 6.45) is 1.23. The fourth-order valence-electron chi connectivity index (χ4n) is 8.04. The Labute approximate surface area is 322 Å². The minimum absolute atomic E-state index is 0.0652. The van der Waals surface area contributed by atoms with Gasteiger partial charge in [-0.15, -0.1) is 0 Å². The first-order valence-corrected chi connectivity index (χ1v) is 19.8. The van der Waals surface area contributed by atoms with Gasteiger partial charge in [-0.3, -0.25) is 18.4 Å². The Morgan fingerprint density at radius 1 is 0.875 bits per heavy atom. The molecule has 2 amide bonds. The van der Waals surface area contributed by atoms with Gasteiger partial charge < -0.3 is 19.5 Å². The van der Waals surface area contributed by atoms with Crippen molar-refractivity contribution in [3.8, 4) is 11.1 Å². The summed E-state index contributed by atoms with van der Waals surface area (Å²) < 4.78 is 51.4. The number of hydrogen-bond acceptors (Lipinski definition) is 11. The number of anilines is 1. The van der Waals surface area contributed by atoms with Gasteiger partial charge in [0.25, 0.3) is 16.0 Å². The van der Waals surface area contributed by atoms with Crippen molar-refractivity contribution < 1.29 is 36.4 Å². The highest BCUT2D eigenvalue weighted by Crippen LogP contribution is 2.50. The van der Waals surface area contributed by atoms with Crippen molar-refractivity contribution in [3.05, 3.63) is 144 Å². The number of fused-ring (bicyclic) bond motifs is 6. The number of morpholine rings is 1. The highest BCUT2D eigenvalue weighted by molar-refractivity contribution is 7.86. The molecule has 1 aliphatic carbocycles. The second-order valence-electron chi connectivity index (χ2n) is 14.0. The molecule has 14 nitrogen and oxygen atoms in total. The molecule has 4 atom stereocenters. The van der Waals surface area contributed by atoms with Crippen molar-refractivity contribution in [2.75, 3.05) is 31.3 Å². The van der Waals surface area contributed by atoms with Crippen LogP contribution in [0.25, 0.3) is 22.3 Å². The molecule has 0 spiro atoms. The van der Waals surface area contributed by atoms with E-state index in [9.17, 15) is 18.0 Å². The van der Waals surface area contributed by atoms with Gasteiger partial charge in [0.15, 0.2) is 23.2 Å². The molecule has 2 bridgehead atoms. The SMILES string of the molecule is CS(=O)(=O)OC[C@]12CN(C(=O)OCC3c4ccccc4-c4ccccc43)[C@H]([C@H](n3cnc4c(NC(=O)c5ccccc5)ncnc43)O1)[C@H]2OCc1ccccc1. The molecule has 4 heterocycles. The maximum Gasteiger partial charge on any atom is 0.410 e. The smallest absolute Gasteiger partial charge is 0.410 e. The number of ether oxygens (including phenoxy) is 3. The van der Waals surface area contributed by atoms with Gasteiger partial charge in [-0.25, -0.2) is 19.7 Å². The number of likely N-dealkylation sites (tertiary alicyclic amines) is 1. The van der Waals surface area contributed by atoms with E-state index in [4.69, 9.17) is 18.4 Å². The zero-order valence-corrected chi connectivity index (χ0v) is 30.9. The van der Waals surface area contributed by atoms with Crippen LogP contribution in [0.5, 0.6) is 0 Å². The second-order valence-corrected chi connectivity index (χ2v) is 15.7. The predicted octanol–water partition coefficient (Wildman–Crippen LogP) is 5.54. The molecule has 0 saturated carbocycles. The summed E-state index contributed by atoms with van der Waals surface area (Å²) in [7, 11) is -3.94. The van der Waals surface area contributed by atoms with Crippen molar-refractivity contribution in [1.29, 1.82) is 0 Å². The van der Waals surface area contributed by atoms with E-state index in [-0.39, 0.29) is 42.9 Å². The third-order valence-corrected chi connectivity index (χ3v) is 11.1. The number of carbonyl (C=O) groups excluding carboxylic acids is 2. The average Bonchev–Trinajstić information content (AvgIpc) is 3.96. The molecule has 0 radical (unpaired) electrons. The third-order valence-electron chi connectivity index (χ3n) is 10.5. The Morgan fingerprint density at radius 3 is 2.23 bits per heavy atom. The fourth-order valence-corrected chi connectivity index (χ4v) is 8.45. The molecular weight excluding hydrogens is 737 g/mol. The highest BCUT2D eigenvalue weighted by Gasteiger charge is 2.67. The summed E-state index contributed by atoms with van der Waals surface area (Å²) in [6, 6.07) is 33.5. The minimum Gasteiger partial charge on any atom is -0.448 e. The Hall–Kier alpha value is -6.00. The van der Waals surface area contributed by atoms with Crippen LogP contribution in [0.3, 0.4) is 0 Å². The molecule has 9 rings (SSSR count). The molecule has 2 aliphatic heterocycles. The first-order chi connectivity index (χ1) is 27.2. The van der Waals surface area contributed by atoms with Gasteiger partial charge in [0, 0.05) is 11.5 Å². The van der Waals surface area contributed by atoms with E-state index < -0.39 is 46.8 Å². The van der Waals surface area contributed by atoms with Crippen molar-refractivity contribution in [3.63, 3.8) is 0 Å². The first-order valence-electron chi connectivity index (χ1n) is 18.0. The van der Waals surface area contributed by atoms with Gasteiger partial charge in [-0.1, -0.05) is 97.1 Å². The lowest BCUT2D eigenvalue weighted by Gasteiger charge is -2.36.